The van der Waals surface area contributed by atoms with E-state index in [1.807, 2.05) is 30.3 Å². The molecule has 0 aliphatic carbocycles. The molecule has 0 saturated heterocycles. The van der Waals surface area contributed by atoms with Gasteiger partial charge in [-0.25, -0.2) is 8.78 Å². The van der Waals surface area contributed by atoms with E-state index in [4.69, 9.17) is 11.5 Å². The summed E-state index contributed by atoms with van der Waals surface area (Å²) in [5, 5.41) is 2.83. The number of rotatable bonds is 9. The molecule has 5 N–H and O–H groups in total. The third kappa shape index (κ3) is 6.01. The number of nitrogens with one attached hydrogen (secondary N) is 1. The van der Waals surface area contributed by atoms with E-state index in [0.29, 0.717) is 22.7 Å². The van der Waals surface area contributed by atoms with Gasteiger partial charge in [0.25, 0.3) is 11.8 Å². The number of benzene rings is 3. The first-order chi connectivity index (χ1) is 18.2. The van der Waals surface area contributed by atoms with Gasteiger partial charge in [-0.05, 0) is 52.5 Å². The van der Waals surface area contributed by atoms with Gasteiger partial charge in [0, 0.05) is 13.1 Å². The van der Waals surface area contributed by atoms with Gasteiger partial charge in [0.05, 0.1) is 5.69 Å². The summed E-state index contributed by atoms with van der Waals surface area (Å²) in [5.41, 5.74) is 12.5. The van der Waals surface area contributed by atoms with Gasteiger partial charge in [-0.3, -0.25) is 14.4 Å². The molecule has 11 heteroatoms. The van der Waals surface area contributed by atoms with E-state index in [1.165, 1.54) is 53.4 Å². The Kier molecular flexibility index (Phi) is 8.07. The van der Waals surface area contributed by atoms with Crippen molar-refractivity contribution in [3.63, 3.8) is 0 Å². The molecule has 0 aliphatic rings. The van der Waals surface area contributed by atoms with Gasteiger partial charge in [0.2, 0.25) is 5.91 Å². The maximum atomic E-state index is 13.9. The molecule has 4 aromatic rings. The normalized spacial score (nSPS) is 11.5. The Bertz CT molecular complexity index is 1440. The molecule has 0 bridgehead atoms. The fourth-order valence-electron chi connectivity index (χ4n) is 3.83. The van der Waals surface area contributed by atoms with Crippen molar-refractivity contribution in [2.24, 2.45) is 5.73 Å². The van der Waals surface area contributed by atoms with E-state index in [1.54, 1.807) is 0 Å². The molecule has 3 amide bonds. The largest absolute Gasteiger partial charge is 0.395 e. The molecule has 194 valence electrons. The minimum atomic E-state index is -1.24. The third-order valence-electron chi connectivity index (χ3n) is 5.74. The number of nitrogen functional groups attached to an aromatic ring is 1. The maximum Gasteiger partial charge on any atom is 0.270 e. The molecule has 4 rings (SSSR count). The van der Waals surface area contributed by atoms with Gasteiger partial charge >= 0.3 is 0 Å². The fraction of sp³-hybridized carbons (Fsp3) is 0.111. The van der Waals surface area contributed by atoms with E-state index >= 15 is 0 Å². The third-order valence-corrected chi connectivity index (χ3v) is 6.59. The van der Waals surface area contributed by atoms with Crippen LogP contribution in [-0.2, 0) is 17.9 Å². The standard InChI is InChI=1S/C27H23F2N5O3S/c28-19-10-6-17(7-11-19)15-34(27(37)24-21(30)22(25(31)35)33-38-24)23(18-8-12-20(29)13-9-18)26(36)32-14-16-4-2-1-3-5-16/h1-13,23H,14-15,30H2,(H2,31,35)(H,32,36)/t23-/m1/s1. The number of primary amides is 1. The Hall–Kier alpha value is -4.64. The Balaban J connectivity index is 1.77. The summed E-state index contributed by atoms with van der Waals surface area (Å²) < 4.78 is 31.3. The second-order valence-electron chi connectivity index (χ2n) is 8.36. The number of amides is 3. The zero-order valence-electron chi connectivity index (χ0n) is 19.9. The van der Waals surface area contributed by atoms with Gasteiger partial charge in [0.1, 0.15) is 22.6 Å². The van der Waals surface area contributed by atoms with Gasteiger partial charge in [-0.2, -0.15) is 4.37 Å². The number of aromatic nitrogens is 1. The Morgan fingerprint density at radius 3 is 2.08 bits per heavy atom. The molecular weight excluding hydrogens is 512 g/mol. The monoisotopic (exact) mass is 535 g/mol. The lowest BCUT2D eigenvalue weighted by molar-refractivity contribution is -0.126. The summed E-state index contributed by atoms with van der Waals surface area (Å²) in [5.74, 6) is -3.15. The number of nitrogens with two attached hydrogens (primary N) is 2. The van der Waals surface area contributed by atoms with E-state index in [9.17, 15) is 23.2 Å². The highest BCUT2D eigenvalue weighted by atomic mass is 32.1. The minimum absolute atomic E-state index is 0.0936. The molecule has 0 unspecified atom stereocenters. The second kappa shape index (κ2) is 11.6. The predicted octanol–water partition coefficient (Wildman–Crippen LogP) is 3.80. The molecule has 1 heterocycles. The molecule has 1 aromatic heterocycles. The number of hydrogen-bond acceptors (Lipinski definition) is 6. The lowest BCUT2D eigenvalue weighted by atomic mass is 10.0. The van der Waals surface area contributed by atoms with Crippen LogP contribution in [0.3, 0.4) is 0 Å². The first-order valence-electron chi connectivity index (χ1n) is 11.4. The quantitative estimate of drug-likeness (QED) is 0.300. The van der Waals surface area contributed by atoms with E-state index in [2.05, 4.69) is 9.69 Å². The molecule has 1 atom stereocenters. The van der Waals surface area contributed by atoms with Crippen LogP contribution in [0.25, 0.3) is 0 Å². The van der Waals surface area contributed by atoms with Crippen LogP contribution in [0.2, 0.25) is 0 Å². The molecule has 0 fully saturated rings. The van der Waals surface area contributed by atoms with Crippen molar-refractivity contribution in [2.45, 2.75) is 19.1 Å². The van der Waals surface area contributed by atoms with E-state index in [0.717, 1.165) is 5.56 Å². The van der Waals surface area contributed by atoms with E-state index < -0.39 is 35.4 Å². The highest BCUT2D eigenvalue weighted by Crippen LogP contribution is 2.30. The van der Waals surface area contributed by atoms with Crippen LogP contribution in [0.4, 0.5) is 14.5 Å². The van der Waals surface area contributed by atoms with E-state index in [-0.39, 0.29) is 29.3 Å². The molecular formula is C27H23F2N5O3S. The van der Waals surface area contributed by atoms with Crippen molar-refractivity contribution in [2.75, 3.05) is 5.73 Å². The summed E-state index contributed by atoms with van der Waals surface area (Å²) in [6, 6.07) is 18.5. The fourth-order valence-corrected chi connectivity index (χ4v) is 4.59. The predicted molar refractivity (Wildman–Crippen MR) is 139 cm³/mol. The van der Waals surface area contributed by atoms with Gasteiger partial charge in [-0.1, -0.05) is 54.6 Å². The molecule has 0 saturated carbocycles. The van der Waals surface area contributed by atoms with Gasteiger partial charge < -0.3 is 21.7 Å². The van der Waals surface area contributed by atoms with Crippen molar-refractivity contribution in [1.82, 2.24) is 14.6 Å². The highest BCUT2D eigenvalue weighted by Gasteiger charge is 2.35. The average Bonchev–Trinajstić information content (AvgIpc) is 3.31. The van der Waals surface area contributed by atoms with Crippen molar-refractivity contribution >= 4 is 34.9 Å². The van der Waals surface area contributed by atoms with Crippen LogP contribution in [0, 0.1) is 11.6 Å². The first kappa shape index (κ1) is 26.4. The zero-order chi connectivity index (χ0) is 27.2. The number of nitrogens with zero attached hydrogens (tertiary/aromatic N) is 2. The summed E-state index contributed by atoms with van der Waals surface area (Å²) in [6.07, 6.45) is 0. The molecule has 38 heavy (non-hydrogen) atoms. The molecule has 3 aromatic carbocycles. The highest BCUT2D eigenvalue weighted by molar-refractivity contribution is 7.09. The molecule has 0 radical (unpaired) electrons. The molecule has 8 nitrogen and oxygen atoms in total. The first-order valence-corrected chi connectivity index (χ1v) is 12.2. The summed E-state index contributed by atoms with van der Waals surface area (Å²) in [4.78, 5) is 40.3. The Labute approximate surface area is 221 Å². The Morgan fingerprint density at radius 2 is 1.50 bits per heavy atom. The maximum absolute atomic E-state index is 13.9. The van der Waals surface area contributed by atoms with Crippen LogP contribution >= 0.6 is 11.5 Å². The van der Waals surface area contributed by atoms with Crippen LogP contribution in [-0.4, -0.2) is 27.0 Å². The number of carbonyl (C=O) groups is 3. The zero-order valence-corrected chi connectivity index (χ0v) is 20.8. The lowest BCUT2D eigenvalue weighted by Gasteiger charge is -2.31. The topological polar surface area (TPSA) is 131 Å². The minimum Gasteiger partial charge on any atom is -0.395 e. The Morgan fingerprint density at radius 1 is 0.895 bits per heavy atom. The van der Waals surface area contributed by atoms with Crippen LogP contribution in [0.15, 0.2) is 78.9 Å². The lowest BCUT2D eigenvalue weighted by Crippen LogP contribution is -2.43. The van der Waals surface area contributed by atoms with Crippen molar-refractivity contribution < 1.29 is 23.2 Å². The van der Waals surface area contributed by atoms with Crippen molar-refractivity contribution in [3.8, 4) is 0 Å². The van der Waals surface area contributed by atoms with Crippen LogP contribution < -0.4 is 16.8 Å². The number of anilines is 1. The second-order valence-corrected chi connectivity index (χ2v) is 9.13. The van der Waals surface area contributed by atoms with Crippen molar-refractivity contribution in [1.29, 1.82) is 0 Å². The molecule has 0 aliphatic heterocycles. The summed E-state index contributed by atoms with van der Waals surface area (Å²) >= 11 is 0.672. The summed E-state index contributed by atoms with van der Waals surface area (Å²) in [6.45, 7) is 0.0353. The average molecular weight is 536 g/mol. The molecule has 0 spiro atoms. The van der Waals surface area contributed by atoms with Crippen molar-refractivity contribution in [3.05, 3.63) is 118 Å². The number of halogens is 2. The van der Waals surface area contributed by atoms with Crippen LogP contribution in [0.1, 0.15) is 42.9 Å². The smallest absolute Gasteiger partial charge is 0.270 e. The number of carbonyl (C=O) groups excluding carboxylic acids is 3. The van der Waals surface area contributed by atoms with Gasteiger partial charge in [-0.15, -0.1) is 0 Å². The number of hydrogen-bond donors (Lipinski definition) is 3. The van der Waals surface area contributed by atoms with Gasteiger partial charge in [0.15, 0.2) is 5.69 Å². The SMILES string of the molecule is NC(=O)c1nsc(C(=O)N(Cc2ccc(F)cc2)[C@@H](C(=O)NCc2ccccc2)c2ccc(F)cc2)c1N. The van der Waals surface area contributed by atoms with Crippen LogP contribution in [0.5, 0.6) is 0 Å². The summed E-state index contributed by atoms with van der Waals surface area (Å²) in [7, 11) is 0.